The second kappa shape index (κ2) is 3.79. The van der Waals surface area contributed by atoms with Crippen molar-refractivity contribution >= 4 is 5.97 Å². The molecule has 0 aliphatic heterocycles. The molecule has 0 saturated heterocycles. The number of methoxy groups -OCH3 is 1. The largest absolute Gasteiger partial charge is 0.497 e. The van der Waals surface area contributed by atoms with Gasteiger partial charge in [-0.3, -0.25) is 4.79 Å². The first-order chi connectivity index (χ1) is 7.65. The van der Waals surface area contributed by atoms with Gasteiger partial charge < -0.3 is 14.9 Å². The maximum Gasteiger partial charge on any atom is 0.314 e. The minimum absolute atomic E-state index is 0.0850. The maximum absolute atomic E-state index is 11.3. The molecule has 0 aromatic heterocycles. The van der Waals surface area contributed by atoms with E-state index >= 15 is 0 Å². The van der Waals surface area contributed by atoms with Crippen molar-refractivity contribution < 1.29 is 19.7 Å². The van der Waals surface area contributed by atoms with Crippen LogP contribution in [0.3, 0.4) is 0 Å². The summed E-state index contributed by atoms with van der Waals surface area (Å²) < 4.78 is 5.02. The van der Waals surface area contributed by atoms with Gasteiger partial charge in [-0.05, 0) is 24.1 Å². The van der Waals surface area contributed by atoms with E-state index in [2.05, 4.69) is 0 Å². The molecule has 0 amide bonds. The normalized spacial score (nSPS) is 27.5. The number of aliphatic hydroxyl groups excluding tert-OH is 1. The first kappa shape index (κ1) is 11.0. The summed E-state index contributed by atoms with van der Waals surface area (Å²) in [5, 5.41) is 18.3. The van der Waals surface area contributed by atoms with Crippen LogP contribution in [0.1, 0.15) is 12.0 Å². The van der Waals surface area contributed by atoms with Crippen LogP contribution in [0, 0.1) is 5.92 Å². The Morgan fingerprint density at radius 2 is 2.12 bits per heavy atom. The second-order valence-electron chi connectivity index (χ2n) is 4.09. The molecule has 1 saturated carbocycles. The Bertz CT molecular complexity index is 398. The second-order valence-corrected chi connectivity index (χ2v) is 4.09. The van der Waals surface area contributed by atoms with E-state index in [4.69, 9.17) is 9.84 Å². The number of aliphatic carboxylic acids is 1. The maximum atomic E-state index is 11.3. The highest BCUT2D eigenvalue weighted by molar-refractivity contribution is 5.86. The van der Waals surface area contributed by atoms with Crippen LogP contribution >= 0.6 is 0 Å². The van der Waals surface area contributed by atoms with Crippen molar-refractivity contribution in [1.82, 2.24) is 0 Å². The van der Waals surface area contributed by atoms with Crippen molar-refractivity contribution in [2.75, 3.05) is 13.7 Å². The number of ether oxygens (including phenoxy) is 1. The molecule has 0 spiro atoms. The van der Waals surface area contributed by atoms with E-state index in [0.29, 0.717) is 12.2 Å². The zero-order valence-corrected chi connectivity index (χ0v) is 9.01. The van der Waals surface area contributed by atoms with Gasteiger partial charge in [-0.2, -0.15) is 0 Å². The lowest BCUT2D eigenvalue weighted by atomic mass is 9.93. The minimum atomic E-state index is -0.888. The molecule has 2 rings (SSSR count). The number of benzene rings is 1. The zero-order chi connectivity index (χ0) is 11.8. The summed E-state index contributed by atoms with van der Waals surface area (Å²) in [6.45, 7) is -0.0850. The fraction of sp³-hybridized carbons (Fsp3) is 0.417. The highest BCUT2D eigenvalue weighted by Crippen LogP contribution is 2.54. The molecule has 1 fully saturated rings. The lowest BCUT2D eigenvalue weighted by Gasteiger charge is -2.12. The summed E-state index contributed by atoms with van der Waals surface area (Å²) in [6, 6.07) is 6.99. The van der Waals surface area contributed by atoms with Crippen LogP contribution in [0.2, 0.25) is 0 Å². The third-order valence-electron chi connectivity index (χ3n) is 3.31. The van der Waals surface area contributed by atoms with Gasteiger partial charge >= 0.3 is 5.97 Å². The number of aliphatic hydroxyl groups is 1. The summed E-state index contributed by atoms with van der Waals surface area (Å²) in [4.78, 5) is 11.3. The van der Waals surface area contributed by atoms with Crippen molar-refractivity contribution in [2.24, 2.45) is 5.92 Å². The number of hydrogen-bond donors (Lipinski definition) is 2. The van der Waals surface area contributed by atoms with Crippen molar-refractivity contribution in [3.63, 3.8) is 0 Å². The highest BCUT2D eigenvalue weighted by atomic mass is 16.5. The van der Waals surface area contributed by atoms with Crippen LogP contribution in [-0.4, -0.2) is 29.9 Å². The SMILES string of the molecule is COc1ccc(C2(C(=O)O)CC2CO)cc1. The number of carbonyl (C=O) groups is 1. The van der Waals surface area contributed by atoms with Gasteiger partial charge in [0.2, 0.25) is 0 Å². The van der Waals surface area contributed by atoms with Crippen LogP contribution in [-0.2, 0) is 10.2 Å². The molecule has 1 aliphatic carbocycles. The first-order valence-electron chi connectivity index (χ1n) is 5.14. The molecule has 1 aromatic carbocycles. The number of hydrogen-bond acceptors (Lipinski definition) is 3. The van der Waals surface area contributed by atoms with Crippen molar-refractivity contribution in [3.8, 4) is 5.75 Å². The smallest absolute Gasteiger partial charge is 0.314 e. The van der Waals surface area contributed by atoms with Crippen LogP contribution in [0.15, 0.2) is 24.3 Å². The Morgan fingerprint density at radius 1 is 1.50 bits per heavy atom. The van der Waals surface area contributed by atoms with E-state index in [9.17, 15) is 9.90 Å². The van der Waals surface area contributed by atoms with Crippen molar-refractivity contribution in [3.05, 3.63) is 29.8 Å². The molecule has 86 valence electrons. The van der Waals surface area contributed by atoms with Crippen LogP contribution in [0.5, 0.6) is 5.75 Å². The quantitative estimate of drug-likeness (QED) is 0.798. The lowest BCUT2D eigenvalue weighted by Crippen LogP contribution is -2.23. The van der Waals surface area contributed by atoms with Gasteiger partial charge in [0.05, 0.1) is 12.5 Å². The van der Waals surface area contributed by atoms with Gasteiger partial charge in [-0.25, -0.2) is 0 Å². The van der Waals surface area contributed by atoms with E-state index in [1.54, 1.807) is 31.4 Å². The molecule has 0 heterocycles. The predicted octanol–water partition coefficient (Wildman–Crippen LogP) is 1.03. The average Bonchev–Trinajstić information content (AvgIpc) is 3.05. The molecule has 4 nitrogen and oxygen atoms in total. The fourth-order valence-electron chi connectivity index (χ4n) is 2.18. The van der Waals surface area contributed by atoms with Crippen LogP contribution in [0.4, 0.5) is 0 Å². The molecule has 2 N–H and O–H groups in total. The summed E-state index contributed by atoms with van der Waals surface area (Å²) in [6.07, 6.45) is 0.505. The van der Waals surface area contributed by atoms with Gasteiger partial charge in [0.25, 0.3) is 0 Å². The molecule has 4 heteroatoms. The third kappa shape index (κ3) is 1.46. The van der Waals surface area contributed by atoms with Crippen LogP contribution in [0.25, 0.3) is 0 Å². The Balaban J connectivity index is 2.31. The summed E-state index contributed by atoms with van der Waals surface area (Å²) in [7, 11) is 1.57. The van der Waals surface area contributed by atoms with Crippen molar-refractivity contribution in [1.29, 1.82) is 0 Å². The van der Waals surface area contributed by atoms with Crippen LogP contribution < -0.4 is 4.74 Å². The molecular weight excluding hydrogens is 208 g/mol. The fourth-order valence-corrected chi connectivity index (χ4v) is 2.18. The monoisotopic (exact) mass is 222 g/mol. The van der Waals surface area contributed by atoms with Gasteiger partial charge in [0.1, 0.15) is 5.75 Å². The number of carboxylic acids is 1. The summed E-state index contributed by atoms with van der Waals surface area (Å²) >= 11 is 0. The number of rotatable bonds is 4. The predicted molar refractivity (Wildman–Crippen MR) is 57.5 cm³/mol. The molecule has 2 unspecified atom stereocenters. The molecule has 0 bridgehead atoms. The molecule has 1 aliphatic rings. The van der Waals surface area contributed by atoms with E-state index in [1.807, 2.05) is 0 Å². The van der Waals surface area contributed by atoms with Crippen molar-refractivity contribution in [2.45, 2.75) is 11.8 Å². The van der Waals surface area contributed by atoms with Gasteiger partial charge in [-0.15, -0.1) is 0 Å². The Kier molecular flexibility index (Phi) is 2.59. The standard InChI is InChI=1S/C12H14O4/c1-16-10-4-2-8(3-5-10)12(11(14)15)6-9(12)7-13/h2-5,9,13H,6-7H2,1H3,(H,14,15). The molecule has 0 radical (unpaired) electrons. The summed E-state index contributed by atoms with van der Waals surface area (Å²) in [5.74, 6) is -0.333. The molecule has 1 aromatic rings. The molecular formula is C12H14O4. The lowest BCUT2D eigenvalue weighted by molar-refractivity contribution is -0.140. The Labute approximate surface area is 93.5 Å². The molecule has 2 atom stereocenters. The Hall–Kier alpha value is -1.55. The van der Waals surface area contributed by atoms with Gasteiger partial charge in [0.15, 0.2) is 0 Å². The van der Waals surface area contributed by atoms with E-state index < -0.39 is 11.4 Å². The highest BCUT2D eigenvalue weighted by Gasteiger charge is 2.61. The topological polar surface area (TPSA) is 66.8 Å². The third-order valence-corrected chi connectivity index (χ3v) is 3.31. The van der Waals surface area contributed by atoms with E-state index in [-0.39, 0.29) is 12.5 Å². The number of carboxylic acid groups (broad SMARTS) is 1. The average molecular weight is 222 g/mol. The van der Waals surface area contributed by atoms with Gasteiger partial charge in [0, 0.05) is 12.5 Å². The Morgan fingerprint density at radius 3 is 2.50 bits per heavy atom. The van der Waals surface area contributed by atoms with E-state index in [1.165, 1.54) is 0 Å². The zero-order valence-electron chi connectivity index (χ0n) is 9.01. The van der Waals surface area contributed by atoms with Gasteiger partial charge in [-0.1, -0.05) is 12.1 Å². The summed E-state index contributed by atoms with van der Waals surface area (Å²) in [5.41, 5.74) is -0.152. The molecule has 16 heavy (non-hydrogen) atoms. The first-order valence-corrected chi connectivity index (χ1v) is 5.14. The minimum Gasteiger partial charge on any atom is -0.497 e. The van der Waals surface area contributed by atoms with E-state index in [0.717, 1.165) is 5.56 Å².